The van der Waals surface area contributed by atoms with Gasteiger partial charge in [0, 0.05) is 34.2 Å². The van der Waals surface area contributed by atoms with E-state index in [2.05, 4.69) is 15.1 Å². The van der Waals surface area contributed by atoms with E-state index < -0.39 is 5.91 Å². The van der Waals surface area contributed by atoms with Crippen LogP contribution in [0.2, 0.25) is 20.1 Å². The molecule has 0 spiro atoms. The minimum atomic E-state index is -0.419. The molecule has 4 aromatic rings. The standard InChI is InChI=1S/C23H15Cl4N3O/c24-16-6-7-18(20(26)10-16)23(31)29-28-11-15-13-30(22-4-2-1-3-17(15)22)12-14-5-8-19(25)21(27)9-14/h1-11,13H,12H2,(H,29,31)/b28-11-. The summed E-state index contributed by atoms with van der Waals surface area (Å²) in [5, 5.41) is 6.87. The summed E-state index contributed by atoms with van der Waals surface area (Å²) < 4.78 is 2.09. The monoisotopic (exact) mass is 489 g/mol. The van der Waals surface area contributed by atoms with Crippen LogP contribution in [0.1, 0.15) is 21.5 Å². The van der Waals surface area contributed by atoms with Crippen LogP contribution in [0.4, 0.5) is 0 Å². The molecule has 0 aliphatic rings. The van der Waals surface area contributed by atoms with Crippen LogP contribution in [0.5, 0.6) is 0 Å². The number of halogens is 4. The zero-order chi connectivity index (χ0) is 22.0. The molecule has 0 atom stereocenters. The molecule has 3 aromatic carbocycles. The number of amides is 1. The Morgan fingerprint density at radius 3 is 2.52 bits per heavy atom. The highest BCUT2D eigenvalue weighted by Crippen LogP contribution is 2.25. The number of aromatic nitrogens is 1. The summed E-state index contributed by atoms with van der Waals surface area (Å²) in [6, 6.07) is 18.2. The van der Waals surface area contributed by atoms with Gasteiger partial charge in [0.15, 0.2) is 0 Å². The summed E-state index contributed by atoms with van der Waals surface area (Å²) in [5.41, 5.74) is 5.71. The Labute approximate surface area is 199 Å². The average molecular weight is 491 g/mol. The third-order valence-corrected chi connectivity index (χ3v) is 5.99. The fourth-order valence-corrected chi connectivity index (χ4v) is 4.05. The second-order valence-corrected chi connectivity index (χ2v) is 8.46. The van der Waals surface area contributed by atoms with Crippen LogP contribution < -0.4 is 5.43 Å². The number of carbonyl (C=O) groups excluding carboxylic acids is 1. The van der Waals surface area contributed by atoms with Crippen molar-refractivity contribution in [1.29, 1.82) is 0 Å². The van der Waals surface area contributed by atoms with Gasteiger partial charge in [0.2, 0.25) is 0 Å². The van der Waals surface area contributed by atoms with Gasteiger partial charge in [0.1, 0.15) is 0 Å². The molecule has 0 saturated carbocycles. The predicted octanol–water partition coefficient (Wildman–Crippen LogP) is 7.07. The zero-order valence-corrected chi connectivity index (χ0v) is 19.0. The van der Waals surface area contributed by atoms with Crippen LogP contribution in [0, 0.1) is 0 Å². The van der Waals surface area contributed by atoms with Crippen molar-refractivity contribution in [2.75, 3.05) is 0 Å². The van der Waals surface area contributed by atoms with Crippen LogP contribution >= 0.6 is 46.4 Å². The number of hydrazone groups is 1. The van der Waals surface area contributed by atoms with Crippen LogP contribution in [-0.2, 0) is 6.54 Å². The summed E-state index contributed by atoms with van der Waals surface area (Å²) >= 11 is 24.1. The third-order valence-electron chi connectivity index (χ3n) is 4.70. The SMILES string of the molecule is O=C(N/N=C\c1cn(Cc2ccc(Cl)c(Cl)c2)c2ccccc12)c1ccc(Cl)cc1Cl. The Balaban J connectivity index is 1.58. The number of carbonyl (C=O) groups is 1. The third kappa shape index (κ3) is 4.89. The molecule has 156 valence electrons. The molecule has 8 heteroatoms. The van der Waals surface area contributed by atoms with Gasteiger partial charge in [-0.05, 0) is 42.0 Å². The topological polar surface area (TPSA) is 46.4 Å². The lowest BCUT2D eigenvalue weighted by Gasteiger charge is -2.06. The number of para-hydroxylation sites is 1. The van der Waals surface area contributed by atoms with Crippen molar-refractivity contribution in [2.24, 2.45) is 5.10 Å². The number of nitrogens with one attached hydrogen (secondary N) is 1. The highest BCUT2D eigenvalue weighted by molar-refractivity contribution is 6.42. The lowest BCUT2D eigenvalue weighted by molar-refractivity contribution is 0.0955. The first kappa shape index (κ1) is 21.7. The number of rotatable bonds is 5. The molecule has 0 fully saturated rings. The van der Waals surface area contributed by atoms with Gasteiger partial charge in [0.25, 0.3) is 5.91 Å². The van der Waals surface area contributed by atoms with Gasteiger partial charge in [-0.2, -0.15) is 5.10 Å². The van der Waals surface area contributed by atoms with Crippen LogP contribution in [0.25, 0.3) is 10.9 Å². The fraction of sp³-hybridized carbons (Fsp3) is 0.0435. The van der Waals surface area contributed by atoms with Crippen LogP contribution in [-0.4, -0.2) is 16.7 Å². The second kappa shape index (κ2) is 9.33. The maximum Gasteiger partial charge on any atom is 0.272 e. The largest absolute Gasteiger partial charge is 0.342 e. The quantitative estimate of drug-likeness (QED) is 0.236. The minimum Gasteiger partial charge on any atom is -0.342 e. The average Bonchev–Trinajstić information content (AvgIpc) is 3.08. The lowest BCUT2D eigenvalue weighted by atomic mass is 10.2. The molecular formula is C23H15Cl4N3O. The van der Waals surface area contributed by atoms with Gasteiger partial charge in [-0.25, -0.2) is 5.43 Å². The van der Waals surface area contributed by atoms with Gasteiger partial charge in [0.05, 0.1) is 26.8 Å². The van der Waals surface area contributed by atoms with Crippen LogP contribution in [0.3, 0.4) is 0 Å². The lowest BCUT2D eigenvalue weighted by Crippen LogP contribution is -2.18. The van der Waals surface area contributed by atoms with E-state index in [0.29, 0.717) is 27.2 Å². The van der Waals surface area contributed by atoms with E-state index in [1.807, 2.05) is 42.6 Å². The molecule has 4 nitrogen and oxygen atoms in total. The fourth-order valence-electron chi connectivity index (χ4n) is 3.24. The van der Waals surface area contributed by atoms with Crippen molar-refractivity contribution >= 4 is 69.4 Å². The molecule has 4 rings (SSSR count). The molecule has 0 unspecified atom stereocenters. The second-order valence-electron chi connectivity index (χ2n) is 6.80. The van der Waals surface area contributed by atoms with E-state index in [9.17, 15) is 4.79 Å². The van der Waals surface area contributed by atoms with E-state index in [1.165, 1.54) is 6.07 Å². The summed E-state index contributed by atoms with van der Waals surface area (Å²) in [6.07, 6.45) is 3.58. The van der Waals surface area contributed by atoms with Crippen LogP contribution in [0.15, 0.2) is 72.0 Å². The highest BCUT2D eigenvalue weighted by Gasteiger charge is 2.11. The van der Waals surface area contributed by atoms with E-state index in [-0.39, 0.29) is 5.02 Å². The van der Waals surface area contributed by atoms with Gasteiger partial charge >= 0.3 is 0 Å². The Morgan fingerprint density at radius 2 is 1.74 bits per heavy atom. The molecule has 0 bridgehead atoms. The summed E-state index contributed by atoms with van der Waals surface area (Å²) in [6.45, 7) is 0.609. The normalized spacial score (nSPS) is 11.4. The first-order valence-electron chi connectivity index (χ1n) is 9.22. The minimum absolute atomic E-state index is 0.262. The summed E-state index contributed by atoms with van der Waals surface area (Å²) in [5.74, 6) is -0.419. The van der Waals surface area contributed by atoms with E-state index in [1.54, 1.807) is 24.4 Å². The zero-order valence-electron chi connectivity index (χ0n) is 15.9. The number of nitrogens with zero attached hydrogens (tertiary/aromatic N) is 2. The van der Waals surface area contributed by atoms with Gasteiger partial charge < -0.3 is 4.57 Å². The maximum absolute atomic E-state index is 12.4. The Hall–Kier alpha value is -2.50. The molecule has 0 radical (unpaired) electrons. The first-order valence-corrected chi connectivity index (χ1v) is 10.7. The molecule has 0 aliphatic carbocycles. The van der Waals surface area contributed by atoms with Gasteiger partial charge in [-0.1, -0.05) is 70.7 Å². The molecule has 1 N–H and O–H groups in total. The maximum atomic E-state index is 12.4. The van der Waals surface area contributed by atoms with Gasteiger partial charge in [-0.15, -0.1) is 0 Å². The molecule has 1 amide bonds. The smallest absolute Gasteiger partial charge is 0.272 e. The molecule has 1 aromatic heterocycles. The summed E-state index contributed by atoms with van der Waals surface area (Å²) in [7, 11) is 0. The van der Waals surface area contributed by atoms with Crippen molar-refractivity contribution in [3.8, 4) is 0 Å². The molecule has 0 aliphatic heterocycles. The molecular weight excluding hydrogens is 476 g/mol. The first-order chi connectivity index (χ1) is 14.9. The Morgan fingerprint density at radius 1 is 0.935 bits per heavy atom. The van der Waals surface area contributed by atoms with E-state index in [0.717, 1.165) is 22.0 Å². The van der Waals surface area contributed by atoms with Crippen molar-refractivity contribution in [2.45, 2.75) is 6.54 Å². The van der Waals surface area contributed by atoms with Crippen molar-refractivity contribution < 1.29 is 4.79 Å². The number of hydrogen-bond donors (Lipinski definition) is 1. The molecule has 0 saturated heterocycles. The Kier molecular flexibility index (Phi) is 6.54. The van der Waals surface area contributed by atoms with Gasteiger partial charge in [-0.3, -0.25) is 4.79 Å². The van der Waals surface area contributed by atoms with Crippen molar-refractivity contribution in [3.05, 3.63) is 104 Å². The van der Waals surface area contributed by atoms with Crippen molar-refractivity contribution in [1.82, 2.24) is 9.99 Å². The van der Waals surface area contributed by atoms with E-state index in [4.69, 9.17) is 46.4 Å². The number of hydrogen-bond acceptors (Lipinski definition) is 2. The molecule has 1 heterocycles. The number of fused-ring (bicyclic) bond motifs is 1. The van der Waals surface area contributed by atoms with E-state index >= 15 is 0 Å². The predicted molar refractivity (Wildman–Crippen MR) is 129 cm³/mol. The summed E-state index contributed by atoms with van der Waals surface area (Å²) in [4.78, 5) is 12.4. The Bertz CT molecular complexity index is 1310. The number of benzene rings is 3. The van der Waals surface area contributed by atoms with Crippen molar-refractivity contribution in [3.63, 3.8) is 0 Å². The molecule has 31 heavy (non-hydrogen) atoms. The highest BCUT2D eigenvalue weighted by atomic mass is 35.5.